The third kappa shape index (κ3) is 4.82. The van der Waals surface area contributed by atoms with Crippen LogP contribution in [0.2, 0.25) is 0 Å². The summed E-state index contributed by atoms with van der Waals surface area (Å²) in [5.41, 5.74) is 6.56. The number of nitrogens with zero attached hydrogens (tertiary/aromatic N) is 2. The Morgan fingerprint density at radius 1 is 1.55 bits per heavy atom. The topological polar surface area (TPSA) is 89.5 Å². The van der Waals surface area contributed by atoms with E-state index >= 15 is 0 Å². The van der Waals surface area contributed by atoms with Crippen molar-refractivity contribution in [2.45, 2.75) is 19.0 Å². The second-order valence-electron chi connectivity index (χ2n) is 4.51. The van der Waals surface area contributed by atoms with Gasteiger partial charge in [0.15, 0.2) is 0 Å². The molecule has 1 aromatic carbocycles. The van der Waals surface area contributed by atoms with E-state index in [9.17, 15) is 14.9 Å². The highest BCUT2D eigenvalue weighted by Gasteiger charge is 2.18. The summed E-state index contributed by atoms with van der Waals surface area (Å²) >= 11 is 1.64. The number of thioether (sulfide) groups is 1. The summed E-state index contributed by atoms with van der Waals surface area (Å²) in [4.78, 5) is 23.8. The summed E-state index contributed by atoms with van der Waals surface area (Å²) in [6.07, 6.45) is 2.59. The van der Waals surface area contributed by atoms with E-state index in [1.807, 2.05) is 6.26 Å². The first kappa shape index (κ1) is 16.5. The summed E-state index contributed by atoms with van der Waals surface area (Å²) in [7, 11) is 1.65. The van der Waals surface area contributed by atoms with E-state index in [1.165, 1.54) is 17.0 Å². The van der Waals surface area contributed by atoms with Gasteiger partial charge in [0, 0.05) is 25.7 Å². The van der Waals surface area contributed by atoms with Crippen LogP contribution in [0.3, 0.4) is 0 Å². The predicted molar refractivity (Wildman–Crippen MR) is 80.5 cm³/mol. The van der Waals surface area contributed by atoms with Crippen LogP contribution in [0.5, 0.6) is 0 Å². The molecule has 0 unspecified atom stereocenters. The molecule has 1 aromatic rings. The average molecular weight is 297 g/mol. The molecule has 7 heteroatoms. The molecule has 0 fully saturated rings. The van der Waals surface area contributed by atoms with Gasteiger partial charge < -0.3 is 10.6 Å². The minimum absolute atomic E-state index is 0.0232. The first-order valence-electron chi connectivity index (χ1n) is 6.18. The number of rotatable bonds is 7. The zero-order chi connectivity index (χ0) is 15.1. The zero-order valence-electron chi connectivity index (χ0n) is 11.6. The van der Waals surface area contributed by atoms with Crippen LogP contribution in [0.1, 0.15) is 12.0 Å². The van der Waals surface area contributed by atoms with Gasteiger partial charge >= 0.3 is 0 Å². The number of likely N-dealkylation sites (N-methyl/N-ethyl adjacent to an activating group) is 1. The van der Waals surface area contributed by atoms with Crippen LogP contribution < -0.4 is 5.73 Å². The molecule has 1 amide bonds. The molecular formula is C13H19N3O3S. The van der Waals surface area contributed by atoms with Gasteiger partial charge in [-0.3, -0.25) is 14.9 Å². The molecule has 0 heterocycles. The first-order chi connectivity index (χ1) is 9.45. The predicted octanol–water partition coefficient (Wildman–Crippen LogP) is 1.63. The van der Waals surface area contributed by atoms with Gasteiger partial charge in [0.2, 0.25) is 5.91 Å². The van der Waals surface area contributed by atoms with Gasteiger partial charge in [-0.1, -0.05) is 12.1 Å². The molecule has 6 nitrogen and oxygen atoms in total. The smallest absolute Gasteiger partial charge is 0.269 e. The Balaban J connectivity index is 2.65. The quantitative estimate of drug-likeness (QED) is 0.610. The van der Waals surface area contributed by atoms with Gasteiger partial charge in [0.05, 0.1) is 11.0 Å². The van der Waals surface area contributed by atoms with Crippen LogP contribution in [-0.4, -0.2) is 40.8 Å². The molecular weight excluding hydrogens is 278 g/mol. The SMILES string of the molecule is CSCC[C@@H](N)C(=O)N(C)Cc1cccc([N+](=O)[O-])c1. The molecule has 0 aromatic heterocycles. The molecule has 110 valence electrons. The number of hydrogen-bond donors (Lipinski definition) is 1. The Labute approximate surface area is 122 Å². The highest BCUT2D eigenvalue weighted by molar-refractivity contribution is 7.98. The number of benzene rings is 1. The van der Waals surface area contributed by atoms with Crippen LogP contribution in [0.25, 0.3) is 0 Å². The normalized spacial score (nSPS) is 11.9. The van der Waals surface area contributed by atoms with Gasteiger partial charge in [-0.25, -0.2) is 0 Å². The standard InChI is InChI=1S/C13H19N3O3S/c1-15(13(17)12(14)6-7-20-2)9-10-4-3-5-11(8-10)16(18)19/h3-5,8,12H,6-7,9,14H2,1-2H3/t12-/m1/s1. The molecule has 0 radical (unpaired) electrons. The van der Waals surface area contributed by atoms with Crippen molar-refractivity contribution < 1.29 is 9.72 Å². The summed E-state index contributed by atoms with van der Waals surface area (Å²) in [5, 5.41) is 10.7. The molecule has 0 saturated carbocycles. The van der Waals surface area contributed by atoms with Gasteiger partial charge in [-0.05, 0) is 24.0 Å². The molecule has 0 aliphatic carbocycles. The van der Waals surface area contributed by atoms with Crippen molar-refractivity contribution in [1.82, 2.24) is 4.90 Å². The number of hydrogen-bond acceptors (Lipinski definition) is 5. The van der Waals surface area contributed by atoms with Crippen LogP contribution in [0, 0.1) is 10.1 Å². The van der Waals surface area contributed by atoms with Crippen LogP contribution in [-0.2, 0) is 11.3 Å². The Morgan fingerprint density at radius 2 is 2.25 bits per heavy atom. The van der Waals surface area contributed by atoms with E-state index in [0.717, 1.165) is 5.75 Å². The molecule has 0 saturated heterocycles. The van der Waals surface area contributed by atoms with E-state index in [2.05, 4.69) is 0 Å². The van der Waals surface area contributed by atoms with Gasteiger partial charge in [-0.15, -0.1) is 0 Å². The number of non-ortho nitro benzene ring substituents is 1. The third-order valence-electron chi connectivity index (χ3n) is 2.87. The Bertz CT molecular complexity index is 482. The maximum atomic E-state index is 12.0. The average Bonchev–Trinajstić information content (AvgIpc) is 2.44. The van der Waals surface area contributed by atoms with Crippen molar-refractivity contribution in [2.75, 3.05) is 19.1 Å². The van der Waals surface area contributed by atoms with Crippen molar-refractivity contribution in [3.63, 3.8) is 0 Å². The lowest BCUT2D eigenvalue weighted by atomic mass is 10.1. The summed E-state index contributed by atoms with van der Waals surface area (Å²) in [6, 6.07) is 5.74. The van der Waals surface area contributed by atoms with E-state index < -0.39 is 11.0 Å². The molecule has 0 bridgehead atoms. The molecule has 2 N–H and O–H groups in total. The molecule has 1 atom stereocenters. The highest BCUT2D eigenvalue weighted by atomic mass is 32.2. The summed E-state index contributed by atoms with van der Waals surface area (Å²) in [5.74, 6) is 0.683. The molecule has 20 heavy (non-hydrogen) atoms. The lowest BCUT2D eigenvalue weighted by molar-refractivity contribution is -0.384. The van der Waals surface area contributed by atoms with Crippen molar-refractivity contribution >= 4 is 23.4 Å². The molecule has 0 aliphatic rings. The fourth-order valence-electron chi connectivity index (χ4n) is 1.77. The second-order valence-corrected chi connectivity index (χ2v) is 5.49. The fraction of sp³-hybridized carbons (Fsp3) is 0.462. The maximum absolute atomic E-state index is 12.0. The lowest BCUT2D eigenvalue weighted by Crippen LogP contribution is -2.41. The van der Waals surface area contributed by atoms with E-state index in [4.69, 9.17) is 5.73 Å². The zero-order valence-corrected chi connectivity index (χ0v) is 12.4. The van der Waals surface area contributed by atoms with E-state index in [0.29, 0.717) is 18.5 Å². The van der Waals surface area contributed by atoms with Crippen molar-refractivity contribution in [3.8, 4) is 0 Å². The molecule has 1 rings (SSSR count). The number of nitro groups is 1. The lowest BCUT2D eigenvalue weighted by Gasteiger charge is -2.21. The molecule has 0 spiro atoms. The third-order valence-corrected chi connectivity index (χ3v) is 3.51. The minimum Gasteiger partial charge on any atom is -0.340 e. The van der Waals surface area contributed by atoms with Gasteiger partial charge in [0.1, 0.15) is 0 Å². The second kappa shape index (κ2) is 7.86. The van der Waals surface area contributed by atoms with Crippen molar-refractivity contribution in [2.24, 2.45) is 5.73 Å². The Kier molecular flexibility index (Phi) is 6.47. The number of nitrogens with two attached hydrogens (primary N) is 1. The van der Waals surface area contributed by atoms with Crippen LogP contribution in [0.4, 0.5) is 5.69 Å². The minimum atomic E-state index is -0.522. The summed E-state index contributed by atoms with van der Waals surface area (Å²) in [6.45, 7) is 0.313. The van der Waals surface area contributed by atoms with E-state index in [1.54, 1.807) is 30.9 Å². The summed E-state index contributed by atoms with van der Waals surface area (Å²) < 4.78 is 0. The highest BCUT2D eigenvalue weighted by Crippen LogP contribution is 2.14. The van der Waals surface area contributed by atoms with E-state index in [-0.39, 0.29) is 11.6 Å². The van der Waals surface area contributed by atoms with Gasteiger partial charge in [-0.2, -0.15) is 11.8 Å². The maximum Gasteiger partial charge on any atom is 0.269 e. The Hall–Kier alpha value is -1.60. The number of carbonyl (C=O) groups excluding carboxylic acids is 1. The van der Waals surface area contributed by atoms with Crippen LogP contribution >= 0.6 is 11.8 Å². The monoisotopic (exact) mass is 297 g/mol. The molecule has 0 aliphatic heterocycles. The number of carbonyl (C=O) groups is 1. The number of nitro benzene ring substituents is 1. The van der Waals surface area contributed by atoms with Gasteiger partial charge in [0.25, 0.3) is 5.69 Å². The number of amides is 1. The van der Waals surface area contributed by atoms with Crippen molar-refractivity contribution in [1.29, 1.82) is 0 Å². The first-order valence-corrected chi connectivity index (χ1v) is 7.58. The Morgan fingerprint density at radius 3 is 2.85 bits per heavy atom. The fourth-order valence-corrected chi connectivity index (χ4v) is 2.26. The van der Waals surface area contributed by atoms with Crippen LogP contribution in [0.15, 0.2) is 24.3 Å². The van der Waals surface area contributed by atoms with Crippen molar-refractivity contribution in [3.05, 3.63) is 39.9 Å². The largest absolute Gasteiger partial charge is 0.340 e.